The molecule has 0 aliphatic carbocycles. The van der Waals surface area contributed by atoms with E-state index >= 15 is 0 Å². The van der Waals surface area contributed by atoms with Crippen molar-refractivity contribution in [3.05, 3.63) is 33.6 Å². The van der Waals surface area contributed by atoms with Crippen molar-refractivity contribution in [3.63, 3.8) is 0 Å². The standard InChI is InChI=1S/C13H10Cl2N4O2S/c1-2-21-13(20)17-11-16-12-19(18-11)10(6-22-12)8-4-3-7(14)5-9(8)15/h3-6H,2H2,1H3,(H,17,18,20). The summed E-state index contributed by atoms with van der Waals surface area (Å²) in [6.07, 6.45) is -0.591. The quantitative estimate of drug-likeness (QED) is 0.757. The molecule has 1 amide bonds. The van der Waals surface area contributed by atoms with Crippen molar-refractivity contribution in [1.29, 1.82) is 0 Å². The monoisotopic (exact) mass is 356 g/mol. The number of nitrogens with one attached hydrogen (secondary N) is 1. The summed E-state index contributed by atoms with van der Waals surface area (Å²) in [6, 6.07) is 5.23. The normalized spacial score (nSPS) is 10.9. The lowest BCUT2D eigenvalue weighted by Crippen LogP contribution is -2.14. The Morgan fingerprint density at radius 2 is 2.27 bits per heavy atom. The highest BCUT2D eigenvalue weighted by molar-refractivity contribution is 7.15. The van der Waals surface area contributed by atoms with Gasteiger partial charge < -0.3 is 4.74 Å². The Kier molecular flexibility index (Phi) is 4.19. The van der Waals surface area contributed by atoms with Gasteiger partial charge in [-0.15, -0.1) is 16.4 Å². The molecule has 114 valence electrons. The molecule has 1 N–H and O–H groups in total. The Bertz CT molecular complexity index is 846. The molecule has 3 rings (SSSR count). The van der Waals surface area contributed by atoms with Crippen molar-refractivity contribution < 1.29 is 9.53 Å². The molecule has 2 aromatic heterocycles. The van der Waals surface area contributed by atoms with E-state index in [0.29, 0.717) is 15.0 Å². The number of thiazole rings is 1. The first-order valence-electron chi connectivity index (χ1n) is 6.32. The molecule has 0 spiro atoms. The average molecular weight is 357 g/mol. The van der Waals surface area contributed by atoms with E-state index in [9.17, 15) is 4.79 Å². The van der Waals surface area contributed by atoms with Crippen LogP contribution in [0.3, 0.4) is 0 Å². The van der Waals surface area contributed by atoms with E-state index in [1.807, 2.05) is 11.4 Å². The van der Waals surface area contributed by atoms with Crippen molar-refractivity contribution in [2.24, 2.45) is 0 Å². The fourth-order valence-corrected chi connectivity index (χ4v) is 3.20. The second-order valence-electron chi connectivity index (χ2n) is 4.22. The lowest BCUT2D eigenvalue weighted by molar-refractivity contribution is 0.167. The van der Waals surface area contributed by atoms with Gasteiger partial charge >= 0.3 is 6.09 Å². The van der Waals surface area contributed by atoms with Crippen LogP contribution in [-0.2, 0) is 4.74 Å². The van der Waals surface area contributed by atoms with Crippen LogP contribution in [0.4, 0.5) is 10.7 Å². The molecule has 1 aromatic carbocycles. The van der Waals surface area contributed by atoms with Crippen LogP contribution in [0, 0.1) is 0 Å². The smallest absolute Gasteiger partial charge is 0.414 e. The molecule has 0 aliphatic heterocycles. The summed E-state index contributed by atoms with van der Waals surface area (Å²) < 4.78 is 6.41. The highest BCUT2D eigenvalue weighted by atomic mass is 35.5. The molecule has 9 heteroatoms. The lowest BCUT2D eigenvalue weighted by atomic mass is 10.2. The SMILES string of the molecule is CCOC(=O)Nc1nc2scc(-c3ccc(Cl)cc3Cl)n2n1. The first kappa shape index (κ1) is 15.1. The van der Waals surface area contributed by atoms with Gasteiger partial charge in [0, 0.05) is 16.0 Å². The molecular weight excluding hydrogens is 347 g/mol. The molecule has 3 aromatic rings. The Morgan fingerprint density at radius 1 is 1.45 bits per heavy atom. The van der Waals surface area contributed by atoms with E-state index in [1.165, 1.54) is 11.3 Å². The number of halogens is 2. The van der Waals surface area contributed by atoms with Crippen LogP contribution in [-0.4, -0.2) is 27.3 Å². The van der Waals surface area contributed by atoms with E-state index in [4.69, 9.17) is 27.9 Å². The minimum Gasteiger partial charge on any atom is -0.450 e. The number of aromatic nitrogens is 3. The highest BCUT2D eigenvalue weighted by Crippen LogP contribution is 2.32. The number of anilines is 1. The number of carbonyl (C=O) groups is 1. The summed E-state index contributed by atoms with van der Waals surface area (Å²) in [4.78, 5) is 16.3. The first-order chi connectivity index (χ1) is 10.6. The van der Waals surface area contributed by atoms with Gasteiger partial charge in [-0.05, 0) is 25.1 Å². The second kappa shape index (κ2) is 6.12. The number of hydrogen-bond acceptors (Lipinski definition) is 5. The number of benzene rings is 1. The Hall–Kier alpha value is -1.83. The second-order valence-corrected chi connectivity index (χ2v) is 5.90. The van der Waals surface area contributed by atoms with Crippen molar-refractivity contribution in [1.82, 2.24) is 14.6 Å². The summed E-state index contributed by atoms with van der Waals surface area (Å²) in [5.74, 6) is 0.177. The van der Waals surface area contributed by atoms with Gasteiger partial charge in [-0.1, -0.05) is 23.2 Å². The zero-order valence-electron chi connectivity index (χ0n) is 11.3. The molecule has 2 heterocycles. The van der Waals surface area contributed by atoms with Crippen molar-refractivity contribution in [2.75, 3.05) is 11.9 Å². The topological polar surface area (TPSA) is 68.5 Å². The number of rotatable bonds is 3. The molecule has 0 aliphatic rings. The zero-order chi connectivity index (χ0) is 15.7. The number of hydrogen-bond donors (Lipinski definition) is 1. The molecular formula is C13H10Cl2N4O2S. The van der Waals surface area contributed by atoms with E-state index in [1.54, 1.807) is 23.6 Å². The van der Waals surface area contributed by atoms with E-state index in [2.05, 4.69) is 15.4 Å². The summed E-state index contributed by atoms with van der Waals surface area (Å²) in [7, 11) is 0. The molecule has 0 bridgehead atoms. The molecule has 0 saturated carbocycles. The summed E-state index contributed by atoms with van der Waals surface area (Å²) in [6.45, 7) is 2.00. The molecule has 0 radical (unpaired) electrons. The molecule has 0 atom stereocenters. The van der Waals surface area contributed by atoms with Crippen LogP contribution < -0.4 is 5.32 Å². The third-order valence-electron chi connectivity index (χ3n) is 2.78. The minimum absolute atomic E-state index is 0.177. The summed E-state index contributed by atoms with van der Waals surface area (Å²) in [5, 5.41) is 9.68. The third kappa shape index (κ3) is 2.87. The third-order valence-corrected chi connectivity index (χ3v) is 4.14. The average Bonchev–Trinajstić information content (AvgIpc) is 2.99. The van der Waals surface area contributed by atoms with Crippen molar-refractivity contribution >= 4 is 51.5 Å². The van der Waals surface area contributed by atoms with Crippen LogP contribution in [0.1, 0.15) is 6.92 Å². The number of fused-ring (bicyclic) bond motifs is 1. The molecule has 22 heavy (non-hydrogen) atoms. The maximum Gasteiger partial charge on any atom is 0.414 e. The van der Waals surface area contributed by atoms with Gasteiger partial charge in [0.2, 0.25) is 4.96 Å². The fourth-order valence-electron chi connectivity index (χ4n) is 1.88. The van der Waals surface area contributed by atoms with Gasteiger partial charge in [0.1, 0.15) is 0 Å². The van der Waals surface area contributed by atoms with Gasteiger partial charge in [0.15, 0.2) is 0 Å². The maximum atomic E-state index is 11.4. The van der Waals surface area contributed by atoms with Crippen LogP contribution in [0.5, 0.6) is 0 Å². The predicted molar refractivity (Wildman–Crippen MR) is 87.0 cm³/mol. The van der Waals surface area contributed by atoms with Crippen LogP contribution in [0.25, 0.3) is 16.2 Å². The fraction of sp³-hybridized carbons (Fsp3) is 0.154. The Morgan fingerprint density at radius 3 is 3.00 bits per heavy atom. The predicted octanol–water partition coefficient (Wildman–Crippen LogP) is 4.33. The maximum absolute atomic E-state index is 11.4. The van der Waals surface area contributed by atoms with E-state index in [0.717, 1.165) is 11.3 Å². The minimum atomic E-state index is -0.591. The van der Waals surface area contributed by atoms with Gasteiger partial charge in [0.05, 0.1) is 17.3 Å². The van der Waals surface area contributed by atoms with Crippen LogP contribution >= 0.6 is 34.5 Å². The van der Waals surface area contributed by atoms with Crippen LogP contribution in [0.2, 0.25) is 10.0 Å². The lowest BCUT2D eigenvalue weighted by Gasteiger charge is -2.03. The van der Waals surface area contributed by atoms with Crippen molar-refractivity contribution in [2.45, 2.75) is 6.92 Å². The summed E-state index contributed by atoms with van der Waals surface area (Å²) >= 11 is 13.5. The number of ether oxygens (including phenoxy) is 1. The van der Waals surface area contributed by atoms with Gasteiger partial charge in [-0.3, -0.25) is 5.32 Å². The van der Waals surface area contributed by atoms with Crippen molar-refractivity contribution in [3.8, 4) is 11.3 Å². The Balaban J connectivity index is 1.98. The number of nitrogens with zero attached hydrogens (tertiary/aromatic N) is 3. The molecule has 0 fully saturated rings. The van der Waals surface area contributed by atoms with Gasteiger partial charge in [-0.2, -0.15) is 4.98 Å². The molecule has 6 nitrogen and oxygen atoms in total. The van der Waals surface area contributed by atoms with E-state index < -0.39 is 6.09 Å². The summed E-state index contributed by atoms with van der Waals surface area (Å²) in [5.41, 5.74) is 1.55. The molecule has 0 saturated heterocycles. The number of carbonyl (C=O) groups excluding carboxylic acids is 1. The molecule has 0 unspecified atom stereocenters. The zero-order valence-corrected chi connectivity index (χ0v) is 13.7. The van der Waals surface area contributed by atoms with Gasteiger partial charge in [0.25, 0.3) is 5.95 Å². The number of amides is 1. The highest BCUT2D eigenvalue weighted by Gasteiger charge is 2.15. The first-order valence-corrected chi connectivity index (χ1v) is 7.95. The Labute approximate surface area is 139 Å². The largest absolute Gasteiger partial charge is 0.450 e. The van der Waals surface area contributed by atoms with E-state index in [-0.39, 0.29) is 12.6 Å². The van der Waals surface area contributed by atoms with Crippen LogP contribution in [0.15, 0.2) is 23.6 Å². The van der Waals surface area contributed by atoms with Gasteiger partial charge in [-0.25, -0.2) is 9.31 Å².